The molecular formula is C17H27N3O2. The summed E-state index contributed by atoms with van der Waals surface area (Å²) in [5.41, 5.74) is 2.32. The number of nitrogens with one attached hydrogen (secondary N) is 1. The largest absolute Gasteiger partial charge is 0.466 e. The van der Waals surface area contributed by atoms with Gasteiger partial charge in [0, 0.05) is 24.3 Å². The summed E-state index contributed by atoms with van der Waals surface area (Å²) in [7, 11) is 0. The van der Waals surface area contributed by atoms with Gasteiger partial charge in [0.2, 0.25) is 0 Å². The summed E-state index contributed by atoms with van der Waals surface area (Å²) in [6, 6.07) is 3.57. The van der Waals surface area contributed by atoms with Crippen LogP contribution in [-0.2, 0) is 17.7 Å². The lowest BCUT2D eigenvalue weighted by atomic mass is 10.0. The Morgan fingerprint density at radius 3 is 2.45 bits per heavy atom. The molecule has 0 aromatic carbocycles. The van der Waals surface area contributed by atoms with Crippen LogP contribution in [0.15, 0.2) is 22.8 Å². The summed E-state index contributed by atoms with van der Waals surface area (Å²) in [5.74, 6) is 0.568. The van der Waals surface area contributed by atoms with Gasteiger partial charge in [0.25, 0.3) is 0 Å². The Hall–Kier alpha value is -1.59. The average Bonchev–Trinajstić information content (AvgIpc) is 3.01. The van der Waals surface area contributed by atoms with Crippen LogP contribution in [0.25, 0.3) is 0 Å². The number of hydrogen-bond acceptors (Lipinski definition) is 4. The van der Waals surface area contributed by atoms with E-state index in [1.54, 1.807) is 25.3 Å². The molecule has 0 radical (unpaired) electrons. The van der Waals surface area contributed by atoms with E-state index >= 15 is 0 Å². The van der Waals surface area contributed by atoms with Gasteiger partial charge in [-0.3, -0.25) is 4.68 Å². The van der Waals surface area contributed by atoms with Gasteiger partial charge < -0.3 is 14.8 Å². The van der Waals surface area contributed by atoms with E-state index in [9.17, 15) is 5.11 Å². The SMILES string of the molecule is Cc1nn(C(C)(C)C)c(C)c1CNCC(C)(O)c1ccco1. The van der Waals surface area contributed by atoms with Crippen molar-refractivity contribution in [2.75, 3.05) is 6.54 Å². The Morgan fingerprint density at radius 1 is 1.27 bits per heavy atom. The fourth-order valence-corrected chi connectivity index (χ4v) is 2.69. The van der Waals surface area contributed by atoms with Crippen molar-refractivity contribution in [1.82, 2.24) is 15.1 Å². The van der Waals surface area contributed by atoms with Gasteiger partial charge in [-0.2, -0.15) is 5.10 Å². The van der Waals surface area contributed by atoms with Crippen molar-refractivity contribution < 1.29 is 9.52 Å². The highest BCUT2D eigenvalue weighted by Gasteiger charge is 2.26. The molecule has 0 spiro atoms. The first-order chi connectivity index (χ1) is 10.1. The maximum atomic E-state index is 10.4. The molecule has 1 atom stereocenters. The zero-order valence-corrected chi connectivity index (χ0v) is 14.4. The Kier molecular flexibility index (Phi) is 4.49. The van der Waals surface area contributed by atoms with E-state index in [0.29, 0.717) is 18.8 Å². The molecule has 0 aliphatic heterocycles. The molecule has 0 amide bonds. The first-order valence-corrected chi connectivity index (χ1v) is 7.65. The molecule has 122 valence electrons. The molecule has 0 fully saturated rings. The van der Waals surface area contributed by atoms with Crippen molar-refractivity contribution in [2.45, 2.75) is 59.2 Å². The summed E-state index contributed by atoms with van der Waals surface area (Å²) in [5, 5.41) is 18.4. The lowest BCUT2D eigenvalue weighted by molar-refractivity contribution is 0.0340. The summed E-state index contributed by atoms with van der Waals surface area (Å²) >= 11 is 0. The summed E-state index contributed by atoms with van der Waals surface area (Å²) in [6.07, 6.45) is 1.57. The lowest BCUT2D eigenvalue weighted by Crippen LogP contribution is -2.35. The van der Waals surface area contributed by atoms with Crippen LogP contribution in [0.5, 0.6) is 0 Å². The number of nitrogens with zero attached hydrogens (tertiary/aromatic N) is 2. The molecule has 0 saturated carbocycles. The van der Waals surface area contributed by atoms with Crippen molar-refractivity contribution in [2.24, 2.45) is 0 Å². The second kappa shape index (κ2) is 5.89. The van der Waals surface area contributed by atoms with E-state index in [0.717, 1.165) is 11.4 Å². The third kappa shape index (κ3) is 3.42. The van der Waals surface area contributed by atoms with E-state index in [4.69, 9.17) is 4.42 Å². The highest BCUT2D eigenvalue weighted by molar-refractivity contribution is 5.25. The Labute approximate surface area is 132 Å². The molecule has 5 heteroatoms. The van der Waals surface area contributed by atoms with Crippen molar-refractivity contribution >= 4 is 0 Å². The molecule has 2 N–H and O–H groups in total. The maximum absolute atomic E-state index is 10.4. The van der Waals surface area contributed by atoms with Gasteiger partial charge in [0.05, 0.1) is 17.5 Å². The number of hydrogen-bond donors (Lipinski definition) is 2. The minimum Gasteiger partial charge on any atom is -0.466 e. The fraction of sp³-hybridized carbons (Fsp3) is 0.588. The highest BCUT2D eigenvalue weighted by atomic mass is 16.4. The van der Waals surface area contributed by atoms with Crippen molar-refractivity contribution in [3.8, 4) is 0 Å². The fourth-order valence-electron chi connectivity index (χ4n) is 2.69. The summed E-state index contributed by atoms with van der Waals surface area (Å²) in [6.45, 7) is 13.4. The average molecular weight is 305 g/mol. The molecule has 2 rings (SSSR count). The molecule has 2 aromatic rings. The zero-order valence-electron chi connectivity index (χ0n) is 14.4. The maximum Gasteiger partial charge on any atom is 0.136 e. The van der Waals surface area contributed by atoms with Crippen LogP contribution in [0, 0.1) is 13.8 Å². The molecule has 2 aromatic heterocycles. The summed E-state index contributed by atoms with van der Waals surface area (Å²) < 4.78 is 7.35. The van der Waals surface area contributed by atoms with Crippen LogP contribution < -0.4 is 5.32 Å². The molecule has 22 heavy (non-hydrogen) atoms. The van der Waals surface area contributed by atoms with Crippen LogP contribution in [0.3, 0.4) is 0 Å². The predicted molar refractivity (Wildman–Crippen MR) is 86.7 cm³/mol. The quantitative estimate of drug-likeness (QED) is 0.891. The third-order valence-electron chi connectivity index (χ3n) is 3.90. The van der Waals surface area contributed by atoms with E-state index in [-0.39, 0.29) is 5.54 Å². The predicted octanol–water partition coefficient (Wildman–Crippen LogP) is 2.85. The minimum atomic E-state index is -1.02. The normalized spacial score (nSPS) is 15.0. The van der Waals surface area contributed by atoms with E-state index in [2.05, 4.69) is 42.8 Å². The molecule has 2 heterocycles. The molecule has 0 saturated heterocycles. The van der Waals surface area contributed by atoms with Crippen LogP contribution in [0.4, 0.5) is 0 Å². The molecule has 0 aliphatic rings. The Balaban J connectivity index is 2.05. The number of aromatic nitrogens is 2. The van der Waals surface area contributed by atoms with Gasteiger partial charge in [-0.05, 0) is 53.7 Å². The number of furan rings is 1. The summed E-state index contributed by atoms with van der Waals surface area (Å²) in [4.78, 5) is 0. The zero-order chi connectivity index (χ0) is 16.5. The van der Waals surface area contributed by atoms with Crippen LogP contribution in [0.1, 0.15) is 50.4 Å². The van der Waals surface area contributed by atoms with Gasteiger partial charge in [-0.25, -0.2) is 0 Å². The van der Waals surface area contributed by atoms with Crippen molar-refractivity contribution in [1.29, 1.82) is 0 Å². The van der Waals surface area contributed by atoms with E-state index in [1.807, 2.05) is 6.92 Å². The first kappa shape index (κ1) is 16.8. The van der Waals surface area contributed by atoms with Gasteiger partial charge in [0.1, 0.15) is 11.4 Å². The molecule has 0 bridgehead atoms. The Bertz CT molecular complexity index is 619. The Morgan fingerprint density at radius 2 is 1.95 bits per heavy atom. The van der Waals surface area contributed by atoms with Crippen LogP contribution >= 0.6 is 0 Å². The second-order valence-corrected chi connectivity index (χ2v) is 7.09. The topological polar surface area (TPSA) is 63.2 Å². The smallest absolute Gasteiger partial charge is 0.136 e. The number of aryl methyl sites for hydroxylation is 1. The minimum absolute atomic E-state index is 0.0350. The number of rotatable bonds is 5. The number of aliphatic hydroxyl groups is 1. The van der Waals surface area contributed by atoms with Crippen LogP contribution in [0.2, 0.25) is 0 Å². The lowest BCUT2D eigenvalue weighted by Gasteiger charge is -2.22. The van der Waals surface area contributed by atoms with Gasteiger partial charge in [0.15, 0.2) is 0 Å². The standard InChI is InChI=1S/C17H27N3O2/c1-12-14(13(2)20(19-12)16(3,4)5)10-18-11-17(6,21)15-8-7-9-22-15/h7-9,18,21H,10-11H2,1-6H3. The van der Waals surface area contributed by atoms with Crippen molar-refractivity contribution in [3.63, 3.8) is 0 Å². The van der Waals surface area contributed by atoms with Gasteiger partial charge in [-0.15, -0.1) is 0 Å². The van der Waals surface area contributed by atoms with Crippen molar-refractivity contribution in [3.05, 3.63) is 41.1 Å². The molecule has 0 aliphatic carbocycles. The van der Waals surface area contributed by atoms with Gasteiger partial charge >= 0.3 is 0 Å². The van der Waals surface area contributed by atoms with Crippen LogP contribution in [-0.4, -0.2) is 21.4 Å². The van der Waals surface area contributed by atoms with Gasteiger partial charge in [-0.1, -0.05) is 0 Å². The monoisotopic (exact) mass is 305 g/mol. The third-order valence-corrected chi connectivity index (χ3v) is 3.90. The van der Waals surface area contributed by atoms with E-state index < -0.39 is 5.60 Å². The van der Waals surface area contributed by atoms with E-state index in [1.165, 1.54) is 5.56 Å². The molecule has 1 unspecified atom stereocenters. The highest BCUT2D eigenvalue weighted by Crippen LogP contribution is 2.22. The first-order valence-electron chi connectivity index (χ1n) is 7.65. The molecular weight excluding hydrogens is 278 g/mol. The second-order valence-electron chi connectivity index (χ2n) is 7.09. The molecule has 5 nitrogen and oxygen atoms in total.